The number of nitrogens with zero attached hydrogens (tertiary/aromatic N) is 2. The molecule has 1 aliphatic rings. The molecule has 140 valence electrons. The Labute approximate surface area is 160 Å². The molecule has 0 unspecified atom stereocenters. The van der Waals surface area contributed by atoms with Crippen LogP contribution in [0.25, 0.3) is 10.2 Å². The van der Waals surface area contributed by atoms with E-state index in [0.29, 0.717) is 5.56 Å². The van der Waals surface area contributed by atoms with Gasteiger partial charge in [0.25, 0.3) is 5.91 Å². The van der Waals surface area contributed by atoms with Crippen LogP contribution in [0.5, 0.6) is 0 Å². The molecule has 0 radical (unpaired) electrons. The minimum absolute atomic E-state index is 0.0826. The summed E-state index contributed by atoms with van der Waals surface area (Å²) in [5, 5.41) is 0.356. The first-order valence-electron chi connectivity index (χ1n) is 8.56. The minimum Gasteiger partial charge on any atom is -0.336 e. The number of aromatic nitrogens is 1. The van der Waals surface area contributed by atoms with Crippen molar-refractivity contribution >= 4 is 37.3 Å². The summed E-state index contributed by atoms with van der Waals surface area (Å²) in [6.07, 6.45) is 0.845. The minimum atomic E-state index is -3.57. The van der Waals surface area contributed by atoms with Crippen molar-refractivity contribution in [2.45, 2.75) is 23.5 Å². The molecule has 0 aliphatic carbocycles. The molecule has 0 atom stereocenters. The summed E-state index contributed by atoms with van der Waals surface area (Å²) in [7, 11) is -3.57. The average molecular weight is 404 g/mol. The van der Waals surface area contributed by atoms with Crippen molar-refractivity contribution in [3.63, 3.8) is 0 Å². The Bertz CT molecular complexity index is 1120. The number of sulfone groups is 1. The van der Waals surface area contributed by atoms with Gasteiger partial charge in [0, 0.05) is 18.7 Å². The average Bonchev–Trinajstić information content (AvgIpc) is 3.02. The molecule has 4 rings (SSSR count). The maximum atomic E-state index is 13.0. The van der Waals surface area contributed by atoms with Gasteiger partial charge < -0.3 is 4.90 Å². The van der Waals surface area contributed by atoms with Gasteiger partial charge in [0.05, 0.1) is 20.1 Å². The second-order valence-electron chi connectivity index (χ2n) is 6.47. The molecule has 0 N–H and O–H groups in total. The molecule has 2 aromatic carbocycles. The molecule has 1 aromatic heterocycles. The van der Waals surface area contributed by atoms with E-state index >= 15 is 0 Å². The van der Waals surface area contributed by atoms with Crippen LogP contribution in [-0.4, -0.2) is 42.5 Å². The monoisotopic (exact) mass is 404 g/mol. The molecular formula is C19H17FN2O3S2. The van der Waals surface area contributed by atoms with Crippen LogP contribution in [0, 0.1) is 5.82 Å². The third-order valence-corrected chi connectivity index (χ3v) is 7.97. The quantitative estimate of drug-likeness (QED) is 0.626. The summed E-state index contributed by atoms with van der Waals surface area (Å²) < 4.78 is 39.1. The summed E-state index contributed by atoms with van der Waals surface area (Å²) in [5.41, 5.74) is 1.40. The van der Waals surface area contributed by atoms with Gasteiger partial charge in [0.1, 0.15) is 11.1 Å². The van der Waals surface area contributed by atoms with Gasteiger partial charge in [-0.1, -0.05) is 6.92 Å². The fraction of sp³-hybridized carbons (Fsp3) is 0.263. The molecule has 3 aromatic rings. The van der Waals surface area contributed by atoms with Crippen molar-refractivity contribution in [2.75, 3.05) is 13.1 Å². The lowest BCUT2D eigenvalue weighted by Gasteiger charge is -2.38. The number of thiazole rings is 1. The number of benzene rings is 2. The van der Waals surface area contributed by atoms with Gasteiger partial charge >= 0.3 is 0 Å². The summed E-state index contributed by atoms with van der Waals surface area (Å²) >= 11 is 1.56. The zero-order valence-corrected chi connectivity index (χ0v) is 16.2. The Morgan fingerprint density at radius 1 is 1.22 bits per heavy atom. The fourth-order valence-electron chi connectivity index (χ4n) is 3.06. The number of amides is 1. The van der Waals surface area contributed by atoms with E-state index in [9.17, 15) is 17.6 Å². The van der Waals surface area contributed by atoms with Gasteiger partial charge in [-0.05, 0) is 48.9 Å². The molecule has 0 bridgehead atoms. The number of carbonyl (C=O) groups is 1. The zero-order chi connectivity index (χ0) is 19.2. The van der Waals surface area contributed by atoms with E-state index in [1.807, 2.05) is 19.1 Å². The van der Waals surface area contributed by atoms with Gasteiger partial charge in [0.2, 0.25) is 0 Å². The molecule has 0 spiro atoms. The summed E-state index contributed by atoms with van der Waals surface area (Å²) in [4.78, 5) is 18.8. The summed E-state index contributed by atoms with van der Waals surface area (Å²) in [6.45, 7) is 2.31. The molecule has 1 amide bonds. The zero-order valence-electron chi connectivity index (χ0n) is 14.6. The molecule has 1 fully saturated rings. The smallest absolute Gasteiger partial charge is 0.253 e. The third-order valence-electron chi connectivity index (χ3n) is 4.70. The number of hydrogen-bond donors (Lipinski definition) is 0. The summed E-state index contributed by atoms with van der Waals surface area (Å²) in [5.74, 6) is -0.669. The van der Waals surface area contributed by atoms with Crippen molar-refractivity contribution in [3.8, 4) is 0 Å². The van der Waals surface area contributed by atoms with Crippen molar-refractivity contribution in [1.82, 2.24) is 9.88 Å². The van der Waals surface area contributed by atoms with Crippen LogP contribution in [0.1, 0.15) is 22.3 Å². The maximum Gasteiger partial charge on any atom is 0.253 e. The first-order chi connectivity index (χ1) is 12.9. The summed E-state index contributed by atoms with van der Waals surface area (Å²) in [6, 6.07) is 10.1. The number of aryl methyl sites for hydroxylation is 1. The Kier molecular flexibility index (Phi) is 4.47. The topological polar surface area (TPSA) is 67.3 Å². The second-order valence-corrected chi connectivity index (χ2v) is 9.82. The van der Waals surface area contributed by atoms with Crippen LogP contribution < -0.4 is 0 Å². The van der Waals surface area contributed by atoms with E-state index in [-0.39, 0.29) is 23.9 Å². The molecule has 0 saturated carbocycles. The van der Waals surface area contributed by atoms with Crippen LogP contribution >= 0.6 is 11.3 Å². The van der Waals surface area contributed by atoms with E-state index < -0.39 is 20.9 Å². The van der Waals surface area contributed by atoms with Crippen LogP contribution in [0.3, 0.4) is 0 Å². The maximum absolute atomic E-state index is 13.0. The normalized spacial score (nSPS) is 15.1. The highest BCUT2D eigenvalue weighted by Gasteiger charge is 2.40. The highest BCUT2D eigenvalue weighted by Crippen LogP contribution is 2.28. The lowest BCUT2D eigenvalue weighted by Crippen LogP contribution is -2.56. The fourth-order valence-corrected chi connectivity index (χ4v) is 5.66. The number of likely N-dealkylation sites (tertiary alicyclic amines) is 1. The Morgan fingerprint density at radius 2 is 1.93 bits per heavy atom. The second kappa shape index (κ2) is 6.69. The highest BCUT2D eigenvalue weighted by atomic mass is 32.2. The predicted octanol–water partition coefficient (Wildman–Crippen LogP) is 3.30. The van der Waals surface area contributed by atoms with Crippen molar-refractivity contribution < 1.29 is 17.6 Å². The molecule has 2 heterocycles. The Balaban J connectivity index is 1.48. The third kappa shape index (κ3) is 3.23. The Morgan fingerprint density at radius 3 is 2.59 bits per heavy atom. The first-order valence-corrected chi connectivity index (χ1v) is 10.9. The van der Waals surface area contributed by atoms with E-state index in [2.05, 4.69) is 4.98 Å². The molecule has 27 heavy (non-hydrogen) atoms. The Hall–Kier alpha value is -2.32. The lowest BCUT2D eigenvalue weighted by molar-refractivity contribution is 0.0659. The first kappa shape index (κ1) is 18.1. The lowest BCUT2D eigenvalue weighted by atomic mass is 10.1. The molecule has 8 heteroatoms. The molecule has 5 nitrogen and oxygen atoms in total. The number of hydrogen-bond acceptors (Lipinski definition) is 5. The number of carbonyl (C=O) groups excluding carboxylic acids is 1. The SMILES string of the molecule is CCc1nc2ccc(C(=O)N3CC(S(=O)(=O)c4ccc(F)cc4)C3)cc2s1. The van der Waals surface area contributed by atoms with E-state index in [0.717, 1.165) is 33.8 Å². The van der Waals surface area contributed by atoms with Crippen molar-refractivity contribution in [3.05, 3.63) is 58.9 Å². The van der Waals surface area contributed by atoms with Crippen molar-refractivity contribution in [1.29, 1.82) is 0 Å². The molecule has 1 aliphatic heterocycles. The van der Waals surface area contributed by atoms with Crippen LogP contribution in [0.2, 0.25) is 0 Å². The van der Waals surface area contributed by atoms with Crippen molar-refractivity contribution in [2.24, 2.45) is 0 Å². The molecule has 1 saturated heterocycles. The number of halogens is 1. The van der Waals surface area contributed by atoms with Crippen LogP contribution in [0.15, 0.2) is 47.4 Å². The number of fused-ring (bicyclic) bond motifs is 1. The van der Waals surface area contributed by atoms with E-state index in [1.165, 1.54) is 17.0 Å². The predicted molar refractivity (Wildman–Crippen MR) is 102 cm³/mol. The van der Waals surface area contributed by atoms with Crippen LogP contribution in [0.4, 0.5) is 4.39 Å². The standard InChI is InChI=1S/C19H17FN2O3S2/c1-2-18-21-16-8-3-12(9-17(16)26-18)19(23)22-10-15(11-22)27(24,25)14-6-4-13(20)5-7-14/h3-9,15H,2,10-11H2,1H3. The molecular weight excluding hydrogens is 387 g/mol. The van der Waals surface area contributed by atoms with Gasteiger partial charge in [-0.15, -0.1) is 11.3 Å². The largest absolute Gasteiger partial charge is 0.336 e. The van der Waals surface area contributed by atoms with Gasteiger partial charge in [-0.3, -0.25) is 4.79 Å². The number of rotatable bonds is 4. The van der Waals surface area contributed by atoms with Gasteiger partial charge in [0.15, 0.2) is 9.84 Å². The van der Waals surface area contributed by atoms with Gasteiger partial charge in [-0.2, -0.15) is 0 Å². The van der Waals surface area contributed by atoms with E-state index in [1.54, 1.807) is 17.4 Å². The van der Waals surface area contributed by atoms with Gasteiger partial charge in [-0.25, -0.2) is 17.8 Å². The highest BCUT2D eigenvalue weighted by molar-refractivity contribution is 7.92. The van der Waals surface area contributed by atoms with Crippen LogP contribution in [-0.2, 0) is 16.3 Å². The van der Waals surface area contributed by atoms with E-state index in [4.69, 9.17) is 0 Å².